The van der Waals surface area contributed by atoms with Crippen LogP contribution in [0.2, 0.25) is 0 Å². The second kappa shape index (κ2) is 5.16. The molecule has 22 heavy (non-hydrogen) atoms. The summed E-state index contributed by atoms with van der Waals surface area (Å²) in [6.07, 6.45) is 5.58. The highest BCUT2D eigenvalue weighted by Gasteiger charge is 2.38. The van der Waals surface area contributed by atoms with Crippen LogP contribution < -0.4 is 10.1 Å². The maximum Gasteiger partial charge on any atom is 0.142 e. The van der Waals surface area contributed by atoms with Gasteiger partial charge in [0.05, 0.1) is 18.8 Å². The number of ether oxygens (including phenoxy) is 1. The maximum absolute atomic E-state index is 13.2. The lowest BCUT2D eigenvalue weighted by Gasteiger charge is -2.38. The summed E-state index contributed by atoms with van der Waals surface area (Å²) >= 11 is 0. The molecule has 0 spiro atoms. The van der Waals surface area contributed by atoms with Gasteiger partial charge in [-0.25, -0.2) is 4.39 Å². The van der Waals surface area contributed by atoms with E-state index in [1.165, 1.54) is 17.7 Å². The standard InChI is InChI=1S/C19H18FNO/c1-22-17-7-3-6-16-14-4-2-5-15(14)18(21-19(16)17)12-8-10-13(20)11-9-12/h2-4,6-11,14-15,18,21H,5H2,1H3. The van der Waals surface area contributed by atoms with E-state index in [2.05, 4.69) is 23.5 Å². The molecule has 0 fully saturated rings. The molecule has 2 nitrogen and oxygen atoms in total. The third-order valence-corrected chi connectivity index (χ3v) is 4.81. The van der Waals surface area contributed by atoms with Crippen LogP contribution in [0.4, 0.5) is 10.1 Å². The normalized spacial score (nSPS) is 25.3. The van der Waals surface area contributed by atoms with Gasteiger partial charge in [-0.2, -0.15) is 0 Å². The smallest absolute Gasteiger partial charge is 0.142 e. The molecule has 1 heterocycles. The topological polar surface area (TPSA) is 21.3 Å². The number of halogens is 1. The Balaban J connectivity index is 1.81. The van der Waals surface area contributed by atoms with E-state index in [0.717, 1.165) is 23.4 Å². The van der Waals surface area contributed by atoms with Gasteiger partial charge < -0.3 is 10.1 Å². The van der Waals surface area contributed by atoms with Crippen molar-refractivity contribution in [2.75, 3.05) is 12.4 Å². The van der Waals surface area contributed by atoms with E-state index >= 15 is 0 Å². The van der Waals surface area contributed by atoms with Gasteiger partial charge in [-0.05, 0) is 41.7 Å². The highest BCUT2D eigenvalue weighted by atomic mass is 19.1. The van der Waals surface area contributed by atoms with Crippen molar-refractivity contribution in [1.29, 1.82) is 0 Å². The first kappa shape index (κ1) is 13.4. The Morgan fingerprint density at radius 2 is 1.95 bits per heavy atom. The zero-order valence-electron chi connectivity index (χ0n) is 12.4. The molecule has 3 heteroatoms. The van der Waals surface area contributed by atoms with Crippen molar-refractivity contribution in [1.82, 2.24) is 0 Å². The van der Waals surface area contributed by atoms with Crippen LogP contribution in [0.15, 0.2) is 54.6 Å². The van der Waals surface area contributed by atoms with Crippen molar-refractivity contribution >= 4 is 5.69 Å². The van der Waals surface area contributed by atoms with Crippen molar-refractivity contribution < 1.29 is 9.13 Å². The Morgan fingerprint density at radius 1 is 1.14 bits per heavy atom. The van der Waals surface area contributed by atoms with Gasteiger partial charge in [0.15, 0.2) is 0 Å². The zero-order chi connectivity index (χ0) is 15.1. The van der Waals surface area contributed by atoms with Crippen LogP contribution in [-0.2, 0) is 0 Å². The molecule has 3 atom stereocenters. The number of methoxy groups -OCH3 is 1. The summed E-state index contributed by atoms with van der Waals surface area (Å²) in [5, 5.41) is 3.64. The maximum atomic E-state index is 13.2. The van der Waals surface area contributed by atoms with E-state index in [-0.39, 0.29) is 11.9 Å². The van der Waals surface area contributed by atoms with Crippen LogP contribution in [0, 0.1) is 11.7 Å². The molecule has 1 N–H and O–H groups in total. The molecule has 0 radical (unpaired) electrons. The fourth-order valence-electron chi connectivity index (χ4n) is 3.76. The first-order chi connectivity index (χ1) is 10.8. The monoisotopic (exact) mass is 295 g/mol. The third-order valence-electron chi connectivity index (χ3n) is 4.81. The van der Waals surface area contributed by atoms with E-state index in [1.54, 1.807) is 7.11 Å². The Hall–Kier alpha value is -2.29. The van der Waals surface area contributed by atoms with Gasteiger partial charge in [0.2, 0.25) is 0 Å². The van der Waals surface area contributed by atoms with Gasteiger partial charge in [-0.3, -0.25) is 0 Å². The first-order valence-corrected chi connectivity index (χ1v) is 7.63. The largest absolute Gasteiger partial charge is 0.495 e. The lowest BCUT2D eigenvalue weighted by Crippen LogP contribution is -2.29. The van der Waals surface area contributed by atoms with Crippen LogP contribution in [0.25, 0.3) is 0 Å². The van der Waals surface area contributed by atoms with Crippen molar-refractivity contribution in [3.8, 4) is 5.75 Å². The Kier molecular flexibility index (Phi) is 3.14. The van der Waals surface area contributed by atoms with Gasteiger partial charge in [-0.15, -0.1) is 0 Å². The summed E-state index contributed by atoms with van der Waals surface area (Å²) in [6, 6.07) is 13.2. The molecule has 0 bridgehead atoms. The lowest BCUT2D eigenvalue weighted by atomic mass is 9.77. The summed E-state index contributed by atoms with van der Waals surface area (Å²) < 4.78 is 18.7. The number of anilines is 1. The Morgan fingerprint density at radius 3 is 2.73 bits per heavy atom. The minimum absolute atomic E-state index is 0.171. The van der Waals surface area contributed by atoms with Crippen LogP contribution in [-0.4, -0.2) is 7.11 Å². The number of benzene rings is 2. The zero-order valence-corrected chi connectivity index (χ0v) is 12.4. The molecule has 4 rings (SSSR count). The molecular formula is C19H18FNO. The molecular weight excluding hydrogens is 277 g/mol. The number of allylic oxidation sites excluding steroid dienone is 2. The predicted octanol–water partition coefficient (Wildman–Crippen LogP) is 4.66. The number of nitrogens with one attached hydrogen (secondary N) is 1. The number of rotatable bonds is 2. The van der Waals surface area contributed by atoms with Crippen LogP contribution in [0.3, 0.4) is 0 Å². The Bertz CT molecular complexity index is 723. The SMILES string of the molecule is COc1cccc2c1NC(c1ccc(F)cc1)C1CC=CC21. The van der Waals surface area contributed by atoms with Gasteiger partial charge in [-0.1, -0.05) is 36.4 Å². The average Bonchev–Trinajstić information content (AvgIpc) is 3.04. The van der Waals surface area contributed by atoms with E-state index < -0.39 is 0 Å². The Labute approximate surface area is 129 Å². The molecule has 0 aromatic heterocycles. The summed E-state index contributed by atoms with van der Waals surface area (Å²) in [4.78, 5) is 0. The van der Waals surface area contributed by atoms with Gasteiger partial charge >= 0.3 is 0 Å². The highest BCUT2D eigenvalue weighted by molar-refractivity contribution is 5.67. The number of hydrogen-bond acceptors (Lipinski definition) is 2. The minimum atomic E-state index is -0.196. The average molecular weight is 295 g/mol. The minimum Gasteiger partial charge on any atom is -0.495 e. The van der Waals surface area contributed by atoms with Crippen molar-refractivity contribution in [2.24, 2.45) is 5.92 Å². The number of hydrogen-bond donors (Lipinski definition) is 1. The summed E-state index contributed by atoms with van der Waals surface area (Å²) in [5.74, 6) is 1.52. The van der Waals surface area contributed by atoms with E-state index in [4.69, 9.17) is 4.74 Å². The second-order valence-electron chi connectivity index (χ2n) is 5.95. The molecule has 2 aromatic carbocycles. The van der Waals surface area contributed by atoms with Crippen LogP contribution in [0.1, 0.15) is 29.5 Å². The summed E-state index contributed by atoms with van der Waals surface area (Å²) in [7, 11) is 1.70. The quantitative estimate of drug-likeness (QED) is 0.814. The van der Waals surface area contributed by atoms with E-state index in [0.29, 0.717) is 11.8 Å². The van der Waals surface area contributed by atoms with Crippen LogP contribution >= 0.6 is 0 Å². The molecule has 0 saturated heterocycles. The third kappa shape index (κ3) is 2.00. The molecule has 0 saturated carbocycles. The molecule has 1 aliphatic heterocycles. The highest BCUT2D eigenvalue weighted by Crippen LogP contribution is 2.51. The van der Waals surface area contributed by atoms with Gasteiger partial charge in [0.1, 0.15) is 11.6 Å². The summed E-state index contributed by atoms with van der Waals surface area (Å²) in [6.45, 7) is 0. The van der Waals surface area contributed by atoms with Crippen LogP contribution in [0.5, 0.6) is 5.75 Å². The van der Waals surface area contributed by atoms with Crippen molar-refractivity contribution in [3.05, 3.63) is 71.6 Å². The van der Waals surface area contributed by atoms with Crippen molar-refractivity contribution in [2.45, 2.75) is 18.4 Å². The van der Waals surface area contributed by atoms with E-state index in [1.807, 2.05) is 24.3 Å². The number of fused-ring (bicyclic) bond motifs is 3. The fraction of sp³-hybridized carbons (Fsp3) is 0.263. The lowest BCUT2D eigenvalue weighted by molar-refractivity contribution is 0.397. The second-order valence-corrected chi connectivity index (χ2v) is 5.95. The molecule has 1 aliphatic carbocycles. The van der Waals surface area contributed by atoms with E-state index in [9.17, 15) is 4.39 Å². The first-order valence-electron chi connectivity index (χ1n) is 7.63. The summed E-state index contributed by atoms with van der Waals surface area (Å²) in [5.41, 5.74) is 3.47. The fourth-order valence-corrected chi connectivity index (χ4v) is 3.76. The molecule has 3 unspecified atom stereocenters. The van der Waals surface area contributed by atoms with Gasteiger partial charge in [0.25, 0.3) is 0 Å². The molecule has 0 amide bonds. The number of para-hydroxylation sites is 1. The van der Waals surface area contributed by atoms with Gasteiger partial charge in [0, 0.05) is 5.92 Å². The predicted molar refractivity (Wildman–Crippen MR) is 85.7 cm³/mol. The molecule has 2 aromatic rings. The van der Waals surface area contributed by atoms with Crippen molar-refractivity contribution in [3.63, 3.8) is 0 Å². The molecule has 112 valence electrons. The molecule has 2 aliphatic rings.